The topological polar surface area (TPSA) is 76.6 Å². The Morgan fingerprint density at radius 3 is 2.33 bits per heavy atom. The average molecular weight is 577 g/mol. The maximum Gasteiger partial charge on any atom is 0.191 e. The largest absolute Gasteiger partial charge is 0.496 e. The number of ether oxygens (including phenoxy) is 4. The van der Waals surface area contributed by atoms with Crippen LogP contribution in [0.15, 0.2) is 17.1 Å². The number of benzene rings is 1. The minimum atomic E-state index is 0. The van der Waals surface area contributed by atoms with Crippen LogP contribution in [0.5, 0.6) is 17.2 Å². The van der Waals surface area contributed by atoms with Gasteiger partial charge < -0.3 is 34.5 Å². The molecule has 1 unspecified atom stereocenters. The summed E-state index contributed by atoms with van der Waals surface area (Å²) < 4.78 is 22.0. The highest BCUT2D eigenvalue weighted by molar-refractivity contribution is 14.0. The second kappa shape index (κ2) is 14.7. The highest BCUT2D eigenvalue weighted by Crippen LogP contribution is 2.34. The summed E-state index contributed by atoms with van der Waals surface area (Å²) in [5.74, 6) is 3.82. The number of rotatable bonds is 10. The van der Waals surface area contributed by atoms with Crippen LogP contribution in [0.25, 0.3) is 0 Å². The van der Waals surface area contributed by atoms with Crippen molar-refractivity contribution in [1.82, 2.24) is 15.5 Å². The van der Waals surface area contributed by atoms with Gasteiger partial charge in [0.2, 0.25) is 0 Å². The zero-order valence-electron chi connectivity index (χ0n) is 20.5. The zero-order chi connectivity index (χ0) is 22.8. The molecule has 2 saturated heterocycles. The molecule has 3 rings (SSSR count). The van der Waals surface area contributed by atoms with Crippen molar-refractivity contribution in [3.05, 3.63) is 17.7 Å². The Morgan fingerprint density at radius 2 is 1.79 bits per heavy atom. The number of guanidine groups is 1. The Labute approximate surface area is 215 Å². The molecule has 9 heteroatoms. The van der Waals surface area contributed by atoms with Crippen molar-refractivity contribution in [3.63, 3.8) is 0 Å². The van der Waals surface area contributed by atoms with Crippen LogP contribution in [0.4, 0.5) is 0 Å². The summed E-state index contributed by atoms with van der Waals surface area (Å²) in [6.45, 7) is 8.86. The van der Waals surface area contributed by atoms with Crippen molar-refractivity contribution in [1.29, 1.82) is 0 Å². The van der Waals surface area contributed by atoms with Crippen LogP contribution in [0.1, 0.15) is 31.7 Å². The molecule has 0 aromatic heterocycles. The van der Waals surface area contributed by atoms with Crippen molar-refractivity contribution in [3.8, 4) is 17.2 Å². The van der Waals surface area contributed by atoms with E-state index in [0.29, 0.717) is 24.3 Å². The lowest BCUT2D eigenvalue weighted by Gasteiger charge is -2.34. The predicted octanol–water partition coefficient (Wildman–Crippen LogP) is 2.93. The molecule has 188 valence electrons. The molecule has 0 spiro atoms. The van der Waals surface area contributed by atoms with Gasteiger partial charge in [-0.15, -0.1) is 24.0 Å². The summed E-state index contributed by atoms with van der Waals surface area (Å²) in [4.78, 5) is 7.41. The van der Waals surface area contributed by atoms with Crippen LogP contribution in [0.2, 0.25) is 0 Å². The summed E-state index contributed by atoms with van der Waals surface area (Å²) in [7, 11) is 4.97. The molecule has 1 aromatic carbocycles. The van der Waals surface area contributed by atoms with Crippen molar-refractivity contribution < 1.29 is 18.9 Å². The van der Waals surface area contributed by atoms with Crippen molar-refractivity contribution in [2.45, 2.75) is 38.6 Å². The summed E-state index contributed by atoms with van der Waals surface area (Å²) in [6, 6.07) is 4.22. The second-order valence-corrected chi connectivity index (χ2v) is 8.47. The van der Waals surface area contributed by atoms with E-state index >= 15 is 0 Å². The van der Waals surface area contributed by atoms with E-state index in [4.69, 9.17) is 23.9 Å². The molecule has 0 aliphatic carbocycles. The fraction of sp³-hybridized carbons (Fsp3) is 0.708. The van der Waals surface area contributed by atoms with E-state index in [9.17, 15) is 0 Å². The molecule has 2 heterocycles. The number of nitrogens with one attached hydrogen (secondary N) is 2. The lowest BCUT2D eigenvalue weighted by atomic mass is 10.0. The molecular formula is C24H41IN4O4. The first-order valence-electron chi connectivity index (χ1n) is 11.8. The lowest BCUT2D eigenvalue weighted by molar-refractivity contribution is 0.150. The number of piperidine rings is 1. The van der Waals surface area contributed by atoms with Gasteiger partial charge in [-0.1, -0.05) is 0 Å². The fourth-order valence-corrected chi connectivity index (χ4v) is 4.47. The third-order valence-electron chi connectivity index (χ3n) is 6.26. The van der Waals surface area contributed by atoms with Crippen molar-refractivity contribution in [2.24, 2.45) is 10.9 Å². The molecule has 0 amide bonds. The third-order valence-corrected chi connectivity index (χ3v) is 6.26. The maximum absolute atomic E-state index is 5.56. The molecule has 1 atom stereocenters. The quantitative estimate of drug-likeness (QED) is 0.252. The second-order valence-electron chi connectivity index (χ2n) is 8.47. The molecule has 2 aliphatic rings. The molecule has 2 aliphatic heterocycles. The van der Waals surface area contributed by atoms with Gasteiger partial charge in [0.25, 0.3) is 0 Å². The molecule has 1 aromatic rings. The van der Waals surface area contributed by atoms with Gasteiger partial charge in [0.1, 0.15) is 17.2 Å². The highest BCUT2D eigenvalue weighted by Gasteiger charge is 2.24. The van der Waals surface area contributed by atoms with E-state index in [-0.39, 0.29) is 24.0 Å². The average Bonchev–Trinajstić information content (AvgIpc) is 3.33. The number of nitrogens with zero attached hydrogens (tertiary/aromatic N) is 2. The van der Waals surface area contributed by atoms with E-state index in [1.807, 2.05) is 12.1 Å². The van der Waals surface area contributed by atoms with Gasteiger partial charge in [-0.2, -0.15) is 0 Å². The normalized spacial score (nSPS) is 19.6. The zero-order valence-corrected chi connectivity index (χ0v) is 22.9. The summed E-state index contributed by atoms with van der Waals surface area (Å²) in [5.41, 5.74) is 1.000. The maximum atomic E-state index is 5.56. The monoisotopic (exact) mass is 576 g/mol. The van der Waals surface area contributed by atoms with Crippen LogP contribution in [-0.2, 0) is 11.2 Å². The molecule has 0 saturated carbocycles. The van der Waals surface area contributed by atoms with E-state index < -0.39 is 0 Å². The minimum absolute atomic E-state index is 0. The Kier molecular flexibility index (Phi) is 12.4. The molecular weight excluding hydrogens is 535 g/mol. The first-order valence-corrected chi connectivity index (χ1v) is 11.8. The van der Waals surface area contributed by atoms with E-state index in [0.717, 1.165) is 75.1 Å². The number of likely N-dealkylation sites (tertiary alicyclic amines) is 1. The molecule has 0 bridgehead atoms. The summed E-state index contributed by atoms with van der Waals surface area (Å²) >= 11 is 0. The minimum Gasteiger partial charge on any atom is -0.496 e. The first kappa shape index (κ1) is 27.8. The number of hydrogen-bond donors (Lipinski definition) is 2. The number of aliphatic imine (C=N–C) groups is 1. The Bertz CT molecular complexity index is 710. The predicted molar refractivity (Wildman–Crippen MR) is 143 cm³/mol. The van der Waals surface area contributed by atoms with Gasteiger partial charge in [0.15, 0.2) is 5.96 Å². The van der Waals surface area contributed by atoms with Crippen LogP contribution < -0.4 is 24.8 Å². The Hall–Kier alpha value is -1.46. The van der Waals surface area contributed by atoms with E-state index in [2.05, 4.69) is 22.5 Å². The van der Waals surface area contributed by atoms with Gasteiger partial charge in [-0.25, -0.2) is 0 Å². The number of halogens is 1. The van der Waals surface area contributed by atoms with Gasteiger partial charge >= 0.3 is 0 Å². The standard InChI is InChI=1S/C24H40N4O4.HI/c1-5-25-24(27-19-7-11-28(12-8-19)16-18-9-13-32-17-18)26-10-6-21-22(30-3)14-20(29-2)15-23(21)31-4;/h14-15,18-19H,5-13,16-17H2,1-4H3,(H2,25,26,27);1H. The van der Waals surface area contributed by atoms with Crippen LogP contribution >= 0.6 is 24.0 Å². The number of hydrogen-bond acceptors (Lipinski definition) is 6. The highest BCUT2D eigenvalue weighted by atomic mass is 127. The Balaban J connectivity index is 0.00000385. The summed E-state index contributed by atoms with van der Waals surface area (Å²) in [6.07, 6.45) is 4.20. The molecule has 8 nitrogen and oxygen atoms in total. The number of methoxy groups -OCH3 is 3. The van der Waals surface area contributed by atoms with Crippen molar-refractivity contribution in [2.75, 3.05) is 67.3 Å². The van der Waals surface area contributed by atoms with Gasteiger partial charge in [0, 0.05) is 63.1 Å². The van der Waals surface area contributed by atoms with Crippen molar-refractivity contribution >= 4 is 29.9 Å². The fourth-order valence-electron chi connectivity index (χ4n) is 4.47. The van der Waals surface area contributed by atoms with Crippen LogP contribution in [0, 0.1) is 5.92 Å². The SMILES string of the molecule is CCNC(=NCCc1c(OC)cc(OC)cc1OC)NC1CCN(CC2CCOC2)CC1.I. The van der Waals surface area contributed by atoms with Crippen LogP contribution in [-0.4, -0.2) is 84.2 Å². The molecule has 0 radical (unpaired) electrons. The molecule has 2 fully saturated rings. The lowest BCUT2D eigenvalue weighted by Crippen LogP contribution is -2.49. The third kappa shape index (κ3) is 8.36. The molecule has 2 N–H and O–H groups in total. The molecule has 33 heavy (non-hydrogen) atoms. The van der Waals surface area contributed by atoms with Gasteiger partial charge in [-0.05, 0) is 38.5 Å². The van der Waals surface area contributed by atoms with Gasteiger partial charge in [0.05, 0.1) is 27.9 Å². The van der Waals surface area contributed by atoms with Crippen LogP contribution in [0.3, 0.4) is 0 Å². The Morgan fingerprint density at radius 1 is 1.09 bits per heavy atom. The summed E-state index contributed by atoms with van der Waals surface area (Å²) in [5, 5.41) is 7.03. The van der Waals surface area contributed by atoms with Gasteiger partial charge in [-0.3, -0.25) is 4.99 Å². The van der Waals surface area contributed by atoms with E-state index in [1.54, 1.807) is 21.3 Å². The van der Waals surface area contributed by atoms with E-state index in [1.165, 1.54) is 13.0 Å². The first-order chi connectivity index (χ1) is 15.7. The smallest absolute Gasteiger partial charge is 0.191 e.